The number of hydrogen-bond donors (Lipinski definition) is 2. The molecule has 0 spiro atoms. The van der Waals surface area contributed by atoms with E-state index < -0.39 is 0 Å². The first-order valence-electron chi connectivity index (χ1n) is 6.40. The Kier molecular flexibility index (Phi) is 4.28. The second-order valence-electron chi connectivity index (χ2n) is 4.65. The Balaban J connectivity index is 1.89. The maximum Gasteiger partial charge on any atom is 0.223 e. The third-order valence-electron chi connectivity index (χ3n) is 2.57. The number of carbonyl (C=O) groups excluding carboxylic acids is 1. The second kappa shape index (κ2) is 6.13. The van der Waals surface area contributed by atoms with E-state index in [9.17, 15) is 4.79 Å². The topological polar surface area (TPSA) is 66.9 Å². The van der Waals surface area contributed by atoms with Gasteiger partial charge in [0.25, 0.3) is 0 Å². The van der Waals surface area contributed by atoms with Crippen molar-refractivity contribution < 1.29 is 4.79 Å². The molecule has 100 valence electrons. The van der Waals surface area contributed by atoms with Gasteiger partial charge >= 0.3 is 0 Å². The van der Waals surface area contributed by atoms with E-state index in [0.29, 0.717) is 18.9 Å². The van der Waals surface area contributed by atoms with Crippen LogP contribution in [0, 0.1) is 0 Å². The fourth-order valence-electron chi connectivity index (χ4n) is 1.74. The summed E-state index contributed by atoms with van der Waals surface area (Å²) < 4.78 is 0. The highest BCUT2D eigenvalue weighted by molar-refractivity contribution is 5.78. The molecule has 5 nitrogen and oxygen atoms in total. The number of fused-ring (bicyclic) bond motifs is 1. The summed E-state index contributed by atoms with van der Waals surface area (Å²) in [6, 6.07) is 7.97. The molecule has 2 rings (SSSR count). The molecule has 1 amide bonds. The summed E-state index contributed by atoms with van der Waals surface area (Å²) in [5, 5.41) is 6.90. The van der Waals surface area contributed by atoms with Crippen molar-refractivity contribution in [3.8, 4) is 0 Å². The normalized spacial score (nSPS) is 10.7. The Bertz CT molecular complexity index is 568. The second-order valence-corrected chi connectivity index (χ2v) is 4.65. The molecule has 0 aliphatic rings. The monoisotopic (exact) mass is 258 g/mol. The molecule has 0 saturated heterocycles. The number of benzene rings is 1. The lowest BCUT2D eigenvalue weighted by molar-refractivity contribution is -0.121. The molecule has 5 heteroatoms. The van der Waals surface area contributed by atoms with E-state index in [0.717, 1.165) is 10.9 Å². The predicted octanol–water partition coefficient (Wildman–Crippen LogP) is 1.96. The Morgan fingerprint density at radius 2 is 2.11 bits per heavy atom. The van der Waals surface area contributed by atoms with Crippen LogP contribution < -0.4 is 10.6 Å². The van der Waals surface area contributed by atoms with Gasteiger partial charge in [-0.1, -0.05) is 18.2 Å². The van der Waals surface area contributed by atoms with Gasteiger partial charge in [0.1, 0.15) is 0 Å². The van der Waals surface area contributed by atoms with Gasteiger partial charge in [0.2, 0.25) is 11.9 Å². The van der Waals surface area contributed by atoms with Gasteiger partial charge in [0.15, 0.2) is 0 Å². The van der Waals surface area contributed by atoms with Gasteiger partial charge in [-0.25, -0.2) is 9.97 Å². The highest BCUT2D eigenvalue weighted by Crippen LogP contribution is 2.11. The Labute approximate surface area is 112 Å². The van der Waals surface area contributed by atoms with Crippen molar-refractivity contribution in [2.45, 2.75) is 26.3 Å². The number of amides is 1. The smallest absolute Gasteiger partial charge is 0.223 e. The highest BCUT2D eigenvalue weighted by Gasteiger charge is 2.03. The van der Waals surface area contributed by atoms with Crippen molar-refractivity contribution in [1.29, 1.82) is 0 Å². The van der Waals surface area contributed by atoms with Crippen LogP contribution in [0.15, 0.2) is 30.5 Å². The molecule has 0 aliphatic carbocycles. The number of nitrogens with zero attached hydrogens (tertiary/aromatic N) is 2. The molecule has 0 bridgehead atoms. The number of para-hydroxylation sites is 1. The minimum atomic E-state index is 0.0308. The summed E-state index contributed by atoms with van der Waals surface area (Å²) in [7, 11) is 0. The molecule has 2 N–H and O–H groups in total. The summed E-state index contributed by atoms with van der Waals surface area (Å²) in [5.41, 5.74) is 0.895. The third-order valence-corrected chi connectivity index (χ3v) is 2.57. The molecule has 0 radical (unpaired) electrons. The molecule has 1 aromatic carbocycles. The van der Waals surface area contributed by atoms with Crippen LogP contribution in [-0.4, -0.2) is 28.5 Å². The van der Waals surface area contributed by atoms with Crippen LogP contribution in [0.3, 0.4) is 0 Å². The number of aromatic nitrogens is 2. The maximum absolute atomic E-state index is 11.5. The minimum absolute atomic E-state index is 0.0308. The summed E-state index contributed by atoms with van der Waals surface area (Å²) >= 11 is 0. The first-order chi connectivity index (χ1) is 9.15. The van der Waals surface area contributed by atoms with Crippen molar-refractivity contribution >= 4 is 22.8 Å². The van der Waals surface area contributed by atoms with E-state index in [2.05, 4.69) is 20.6 Å². The van der Waals surface area contributed by atoms with Crippen molar-refractivity contribution in [2.24, 2.45) is 0 Å². The highest BCUT2D eigenvalue weighted by atomic mass is 16.1. The molecule has 0 saturated carbocycles. The molecule has 1 aromatic heterocycles. The standard InChI is InChI=1S/C14H18N4O/c1-10(2)17-13(19)7-8-15-14-16-9-11-5-3-4-6-12(11)18-14/h3-6,9-10H,7-8H2,1-2H3,(H,17,19)(H,15,16,18). The number of rotatable bonds is 5. The van der Waals surface area contributed by atoms with E-state index >= 15 is 0 Å². The molecule has 0 atom stereocenters. The number of carbonyl (C=O) groups is 1. The summed E-state index contributed by atoms with van der Waals surface area (Å²) in [4.78, 5) is 20.1. The quantitative estimate of drug-likeness (QED) is 0.860. The van der Waals surface area contributed by atoms with Crippen LogP contribution in [0.4, 0.5) is 5.95 Å². The van der Waals surface area contributed by atoms with Gasteiger partial charge in [0.05, 0.1) is 5.52 Å². The first-order valence-corrected chi connectivity index (χ1v) is 6.40. The Hall–Kier alpha value is -2.17. The predicted molar refractivity (Wildman–Crippen MR) is 75.9 cm³/mol. The molecule has 0 unspecified atom stereocenters. The van der Waals surface area contributed by atoms with Crippen molar-refractivity contribution in [3.63, 3.8) is 0 Å². The van der Waals surface area contributed by atoms with Gasteiger partial charge < -0.3 is 10.6 Å². The molecular formula is C14H18N4O. The molecule has 1 heterocycles. The fraction of sp³-hybridized carbons (Fsp3) is 0.357. The van der Waals surface area contributed by atoms with E-state index in [1.54, 1.807) is 6.20 Å². The van der Waals surface area contributed by atoms with Gasteiger partial charge in [-0.05, 0) is 19.9 Å². The molecule has 2 aromatic rings. The van der Waals surface area contributed by atoms with Crippen molar-refractivity contribution in [1.82, 2.24) is 15.3 Å². The van der Waals surface area contributed by atoms with Crippen LogP contribution in [-0.2, 0) is 4.79 Å². The molecule has 0 fully saturated rings. The van der Waals surface area contributed by atoms with E-state index in [1.165, 1.54) is 0 Å². The zero-order valence-corrected chi connectivity index (χ0v) is 11.2. The Morgan fingerprint density at radius 3 is 2.89 bits per heavy atom. The zero-order valence-electron chi connectivity index (χ0n) is 11.2. The molecule has 0 aliphatic heterocycles. The lowest BCUT2D eigenvalue weighted by atomic mass is 10.2. The fourth-order valence-corrected chi connectivity index (χ4v) is 1.74. The Morgan fingerprint density at radius 1 is 1.32 bits per heavy atom. The minimum Gasteiger partial charge on any atom is -0.354 e. The van der Waals surface area contributed by atoms with Crippen LogP contribution in [0.25, 0.3) is 10.9 Å². The SMILES string of the molecule is CC(C)NC(=O)CCNc1ncc2ccccc2n1. The summed E-state index contributed by atoms with van der Waals surface area (Å²) in [6.07, 6.45) is 2.19. The lowest BCUT2D eigenvalue weighted by Crippen LogP contribution is -2.31. The number of anilines is 1. The molecule has 19 heavy (non-hydrogen) atoms. The van der Waals surface area contributed by atoms with Crippen LogP contribution in [0.2, 0.25) is 0 Å². The van der Waals surface area contributed by atoms with Crippen molar-refractivity contribution in [3.05, 3.63) is 30.5 Å². The number of hydrogen-bond acceptors (Lipinski definition) is 4. The van der Waals surface area contributed by atoms with Crippen LogP contribution in [0.1, 0.15) is 20.3 Å². The van der Waals surface area contributed by atoms with Crippen molar-refractivity contribution in [2.75, 3.05) is 11.9 Å². The average molecular weight is 258 g/mol. The summed E-state index contributed by atoms with van der Waals surface area (Å²) in [6.45, 7) is 4.41. The van der Waals surface area contributed by atoms with Gasteiger partial charge in [0, 0.05) is 30.6 Å². The van der Waals surface area contributed by atoms with E-state index in [1.807, 2.05) is 38.1 Å². The lowest BCUT2D eigenvalue weighted by Gasteiger charge is -2.09. The third kappa shape index (κ3) is 3.91. The average Bonchev–Trinajstić information content (AvgIpc) is 2.37. The zero-order chi connectivity index (χ0) is 13.7. The van der Waals surface area contributed by atoms with Gasteiger partial charge in [-0.2, -0.15) is 0 Å². The largest absolute Gasteiger partial charge is 0.354 e. The molecular weight excluding hydrogens is 240 g/mol. The van der Waals surface area contributed by atoms with E-state index in [-0.39, 0.29) is 11.9 Å². The number of nitrogens with one attached hydrogen (secondary N) is 2. The van der Waals surface area contributed by atoms with Crippen LogP contribution in [0.5, 0.6) is 0 Å². The van der Waals surface area contributed by atoms with Crippen LogP contribution >= 0.6 is 0 Å². The van der Waals surface area contributed by atoms with Gasteiger partial charge in [-0.15, -0.1) is 0 Å². The maximum atomic E-state index is 11.5. The van der Waals surface area contributed by atoms with E-state index in [4.69, 9.17) is 0 Å². The van der Waals surface area contributed by atoms with Gasteiger partial charge in [-0.3, -0.25) is 4.79 Å². The first kappa shape index (κ1) is 13.3. The summed E-state index contributed by atoms with van der Waals surface area (Å²) in [5.74, 6) is 0.583.